The molecular formula is C20H17FO. The van der Waals surface area contributed by atoms with Gasteiger partial charge in [-0.2, -0.15) is 0 Å². The summed E-state index contributed by atoms with van der Waals surface area (Å²) in [6, 6.07) is 16.5. The number of ketones is 1. The summed E-state index contributed by atoms with van der Waals surface area (Å²) in [6.07, 6.45) is 7.05. The molecule has 0 radical (unpaired) electrons. The van der Waals surface area contributed by atoms with Crippen molar-refractivity contribution in [3.8, 4) is 0 Å². The van der Waals surface area contributed by atoms with Crippen molar-refractivity contribution in [3.63, 3.8) is 0 Å². The second-order valence-electron chi connectivity index (χ2n) is 5.59. The van der Waals surface area contributed by atoms with E-state index in [1.165, 1.54) is 12.1 Å². The van der Waals surface area contributed by atoms with Gasteiger partial charge in [0.1, 0.15) is 5.82 Å². The largest absolute Gasteiger partial charge is 0.295 e. The van der Waals surface area contributed by atoms with Crippen molar-refractivity contribution in [2.75, 3.05) is 0 Å². The van der Waals surface area contributed by atoms with Crippen LogP contribution < -0.4 is 0 Å². The third-order valence-electron chi connectivity index (χ3n) is 3.91. The molecule has 1 aliphatic rings. The minimum Gasteiger partial charge on any atom is -0.295 e. The second kappa shape index (κ2) is 6.52. The molecule has 2 heteroatoms. The number of halogens is 1. The van der Waals surface area contributed by atoms with Crippen LogP contribution in [0.25, 0.3) is 6.08 Å². The number of rotatable bonds is 3. The Hall–Kier alpha value is -2.48. The Morgan fingerprint density at radius 2 is 1.64 bits per heavy atom. The van der Waals surface area contributed by atoms with Crippen LogP contribution in [0.5, 0.6) is 0 Å². The summed E-state index contributed by atoms with van der Waals surface area (Å²) in [5.74, 6) is 0.0208. The molecule has 2 aromatic carbocycles. The molecule has 1 unspecified atom stereocenters. The highest BCUT2D eigenvalue weighted by Gasteiger charge is 2.21. The van der Waals surface area contributed by atoms with Crippen LogP contribution in [0.15, 0.2) is 72.3 Å². The zero-order valence-corrected chi connectivity index (χ0v) is 12.2. The van der Waals surface area contributed by atoms with Crippen LogP contribution in [0.4, 0.5) is 4.39 Å². The molecule has 1 atom stereocenters. The summed E-state index contributed by atoms with van der Waals surface area (Å²) in [6.45, 7) is 0. The highest BCUT2D eigenvalue weighted by molar-refractivity contribution is 5.92. The molecule has 0 aliphatic heterocycles. The zero-order valence-electron chi connectivity index (χ0n) is 12.2. The lowest BCUT2D eigenvalue weighted by Gasteiger charge is -2.21. The fourth-order valence-electron chi connectivity index (χ4n) is 2.78. The molecule has 0 saturated carbocycles. The van der Waals surface area contributed by atoms with E-state index in [0.29, 0.717) is 6.42 Å². The Morgan fingerprint density at radius 3 is 2.36 bits per heavy atom. The lowest BCUT2D eigenvalue weighted by molar-refractivity contribution is -0.115. The first kappa shape index (κ1) is 14.5. The Morgan fingerprint density at radius 1 is 0.909 bits per heavy atom. The van der Waals surface area contributed by atoms with Gasteiger partial charge in [0.05, 0.1) is 0 Å². The van der Waals surface area contributed by atoms with E-state index in [1.807, 2.05) is 42.5 Å². The van der Waals surface area contributed by atoms with Gasteiger partial charge in [0, 0.05) is 6.42 Å². The average Bonchev–Trinajstić information content (AvgIpc) is 2.54. The molecule has 0 heterocycles. The molecule has 3 rings (SSSR count). The molecular weight excluding hydrogens is 275 g/mol. The predicted molar refractivity (Wildman–Crippen MR) is 86.9 cm³/mol. The quantitative estimate of drug-likeness (QED) is 0.785. The Labute approximate surface area is 129 Å². The van der Waals surface area contributed by atoms with Crippen LogP contribution in [-0.2, 0) is 4.79 Å². The smallest absolute Gasteiger partial charge is 0.156 e. The summed E-state index contributed by atoms with van der Waals surface area (Å²) in [5, 5.41) is 0. The lowest BCUT2D eigenvalue weighted by atomic mass is 9.83. The molecule has 110 valence electrons. The Balaban J connectivity index is 1.77. The van der Waals surface area contributed by atoms with Crippen molar-refractivity contribution < 1.29 is 9.18 Å². The second-order valence-corrected chi connectivity index (χ2v) is 5.59. The molecule has 0 saturated heterocycles. The van der Waals surface area contributed by atoms with E-state index in [4.69, 9.17) is 0 Å². The van der Waals surface area contributed by atoms with Gasteiger partial charge in [0.25, 0.3) is 0 Å². The van der Waals surface area contributed by atoms with Crippen LogP contribution in [0.1, 0.15) is 29.9 Å². The van der Waals surface area contributed by atoms with Gasteiger partial charge in [0.15, 0.2) is 5.78 Å². The first-order chi connectivity index (χ1) is 10.7. The van der Waals surface area contributed by atoms with Gasteiger partial charge in [-0.05, 0) is 47.2 Å². The minimum absolute atomic E-state index is 0.133. The maximum Gasteiger partial charge on any atom is 0.156 e. The van der Waals surface area contributed by atoms with Gasteiger partial charge in [-0.15, -0.1) is 0 Å². The third kappa shape index (κ3) is 3.59. The van der Waals surface area contributed by atoms with E-state index in [9.17, 15) is 9.18 Å². The van der Waals surface area contributed by atoms with Crippen LogP contribution in [0, 0.1) is 5.82 Å². The summed E-state index contributed by atoms with van der Waals surface area (Å²) >= 11 is 0. The van der Waals surface area contributed by atoms with Gasteiger partial charge in [0.2, 0.25) is 0 Å². The van der Waals surface area contributed by atoms with Crippen molar-refractivity contribution >= 4 is 11.9 Å². The van der Waals surface area contributed by atoms with Crippen molar-refractivity contribution in [1.82, 2.24) is 0 Å². The lowest BCUT2D eigenvalue weighted by Crippen LogP contribution is -2.12. The normalized spacial score (nSPS) is 18.5. The monoisotopic (exact) mass is 292 g/mol. The first-order valence-electron chi connectivity index (χ1n) is 7.43. The maximum absolute atomic E-state index is 13.0. The number of benzene rings is 2. The minimum atomic E-state index is -0.245. The van der Waals surface area contributed by atoms with Gasteiger partial charge in [-0.3, -0.25) is 4.79 Å². The molecule has 0 N–H and O–H groups in total. The molecule has 1 aliphatic carbocycles. The molecule has 0 fully saturated rings. The number of allylic oxidation sites excluding steroid dienone is 3. The number of hydrogen-bond acceptors (Lipinski definition) is 1. The zero-order chi connectivity index (χ0) is 15.4. The van der Waals surface area contributed by atoms with E-state index in [2.05, 4.69) is 0 Å². The van der Waals surface area contributed by atoms with Gasteiger partial charge < -0.3 is 0 Å². The van der Waals surface area contributed by atoms with E-state index in [-0.39, 0.29) is 17.5 Å². The summed E-state index contributed by atoms with van der Waals surface area (Å²) in [4.78, 5) is 12.0. The fourth-order valence-corrected chi connectivity index (χ4v) is 2.78. The van der Waals surface area contributed by atoms with E-state index in [1.54, 1.807) is 18.2 Å². The van der Waals surface area contributed by atoms with Gasteiger partial charge in [-0.25, -0.2) is 4.39 Å². The van der Waals surface area contributed by atoms with E-state index < -0.39 is 0 Å². The number of carbonyl (C=O) groups excluding carboxylic acids is 1. The van der Waals surface area contributed by atoms with Crippen molar-refractivity contribution in [1.29, 1.82) is 0 Å². The average molecular weight is 292 g/mol. The molecule has 1 nitrogen and oxygen atoms in total. The highest BCUT2D eigenvalue weighted by atomic mass is 19.1. The van der Waals surface area contributed by atoms with E-state index in [0.717, 1.165) is 23.1 Å². The standard InChI is InChI=1S/C20H17FO/c21-19-10-8-17(9-11-19)18-12-16(13-20(22)14-18)7-6-15-4-2-1-3-5-15/h1-11,13,18H,12,14H2. The van der Waals surface area contributed by atoms with Gasteiger partial charge >= 0.3 is 0 Å². The first-order valence-corrected chi connectivity index (χ1v) is 7.43. The Kier molecular flexibility index (Phi) is 4.29. The van der Waals surface area contributed by atoms with Gasteiger partial charge in [-0.1, -0.05) is 54.6 Å². The summed E-state index contributed by atoms with van der Waals surface area (Å²) in [7, 11) is 0. The number of hydrogen-bond donors (Lipinski definition) is 0. The summed E-state index contributed by atoms with van der Waals surface area (Å²) < 4.78 is 13.0. The molecule has 0 bridgehead atoms. The van der Waals surface area contributed by atoms with Crippen LogP contribution >= 0.6 is 0 Å². The fraction of sp³-hybridized carbons (Fsp3) is 0.150. The molecule has 0 spiro atoms. The highest BCUT2D eigenvalue weighted by Crippen LogP contribution is 2.32. The molecule has 2 aromatic rings. The summed E-state index contributed by atoms with van der Waals surface area (Å²) in [5.41, 5.74) is 3.16. The Bertz CT molecular complexity index is 711. The third-order valence-corrected chi connectivity index (χ3v) is 3.91. The predicted octanol–water partition coefficient (Wildman–Crippen LogP) is 4.91. The van der Waals surface area contributed by atoms with Crippen molar-refractivity contribution in [3.05, 3.63) is 89.3 Å². The van der Waals surface area contributed by atoms with Crippen molar-refractivity contribution in [2.24, 2.45) is 0 Å². The van der Waals surface area contributed by atoms with Crippen LogP contribution in [-0.4, -0.2) is 5.78 Å². The maximum atomic E-state index is 13.0. The topological polar surface area (TPSA) is 17.1 Å². The SMILES string of the molecule is O=C1C=C(C=Cc2ccccc2)CC(c2ccc(F)cc2)C1. The molecule has 0 aromatic heterocycles. The van der Waals surface area contributed by atoms with Crippen LogP contribution in [0.3, 0.4) is 0 Å². The number of carbonyl (C=O) groups is 1. The molecule has 0 amide bonds. The van der Waals surface area contributed by atoms with Crippen molar-refractivity contribution in [2.45, 2.75) is 18.8 Å². The molecule has 22 heavy (non-hydrogen) atoms. The van der Waals surface area contributed by atoms with E-state index >= 15 is 0 Å². The van der Waals surface area contributed by atoms with Crippen LogP contribution in [0.2, 0.25) is 0 Å².